The van der Waals surface area contributed by atoms with Crippen molar-refractivity contribution in [2.24, 2.45) is 0 Å². The SMILES string of the molecule is CCN1CCN(CC)c2c(NCC(=O)OC)cccc2C1=O. The van der Waals surface area contributed by atoms with E-state index >= 15 is 0 Å². The van der Waals surface area contributed by atoms with Gasteiger partial charge in [-0.3, -0.25) is 9.59 Å². The average molecular weight is 305 g/mol. The largest absolute Gasteiger partial charge is 0.468 e. The first-order valence-electron chi connectivity index (χ1n) is 7.60. The second kappa shape index (κ2) is 7.15. The van der Waals surface area contributed by atoms with E-state index in [9.17, 15) is 9.59 Å². The summed E-state index contributed by atoms with van der Waals surface area (Å²) in [4.78, 5) is 28.0. The third-order valence-corrected chi connectivity index (χ3v) is 3.92. The summed E-state index contributed by atoms with van der Waals surface area (Å²) in [5.74, 6) is -0.300. The molecule has 1 aliphatic heterocycles. The standard InChI is InChI=1S/C16H23N3O3/c1-4-18-9-10-19(5-2)16(21)12-7-6-8-13(15(12)18)17-11-14(20)22-3/h6-8,17H,4-5,9-11H2,1-3H3. The number of benzene rings is 1. The Hall–Kier alpha value is -2.24. The molecule has 0 aliphatic carbocycles. The van der Waals surface area contributed by atoms with Crippen LogP contribution in [0.4, 0.5) is 11.4 Å². The number of nitrogens with zero attached hydrogens (tertiary/aromatic N) is 2. The minimum absolute atomic E-state index is 0.0372. The number of fused-ring (bicyclic) bond motifs is 1. The average Bonchev–Trinajstić information content (AvgIpc) is 2.69. The second-order valence-electron chi connectivity index (χ2n) is 5.10. The molecular formula is C16H23N3O3. The molecule has 1 amide bonds. The van der Waals surface area contributed by atoms with Crippen molar-refractivity contribution >= 4 is 23.3 Å². The van der Waals surface area contributed by atoms with E-state index in [1.807, 2.05) is 30.0 Å². The number of carbonyl (C=O) groups excluding carboxylic acids is 2. The number of amides is 1. The highest BCUT2D eigenvalue weighted by atomic mass is 16.5. The Balaban J connectivity index is 2.40. The molecule has 1 aromatic carbocycles. The number of hydrogen-bond acceptors (Lipinski definition) is 5. The Morgan fingerprint density at radius 3 is 2.55 bits per heavy atom. The smallest absolute Gasteiger partial charge is 0.325 e. The highest BCUT2D eigenvalue weighted by Crippen LogP contribution is 2.32. The maximum Gasteiger partial charge on any atom is 0.325 e. The first-order chi connectivity index (χ1) is 10.6. The molecule has 1 N–H and O–H groups in total. The van der Waals surface area contributed by atoms with E-state index in [1.165, 1.54) is 7.11 Å². The lowest BCUT2D eigenvalue weighted by atomic mass is 10.1. The normalized spacial score (nSPS) is 14.4. The number of hydrogen-bond donors (Lipinski definition) is 1. The summed E-state index contributed by atoms with van der Waals surface area (Å²) in [7, 11) is 1.36. The van der Waals surface area contributed by atoms with Crippen LogP contribution in [0.25, 0.3) is 0 Å². The zero-order chi connectivity index (χ0) is 16.1. The molecule has 0 atom stereocenters. The lowest BCUT2D eigenvalue weighted by Crippen LogP contribution is -2.34. The molecule has 22 heavy (non-hydrogen) atoms. The zero-order valence-electron chi connectivity index (χ0n) is 13.4. The maximum absolute atomic E-state index is 12.7. The van der Waals surface area contributed by atoms with Crippen LogP contribution in [-0.2, 0) is 9.53 Å². The molecule has 6 heteroatoms. The van der Waals surface area contributed by atoms with Gasteiger partial charge < -0.3 is 19.9 Å². The van der Waals surface area contributed by atoms with Gasteiger partial charge in [0.25, 0.3) is 5.91 Å². The van der Waals surface area contributed by atoms with Crippen LogP contribution in [0.15, 0.2) is 18.2 Å². The predicted molar refractivity (Wildman–Crippen MR) is 86.4 cm³/mol. The molecule has 1 aliphatic rings. The molecule has 0 bridgehead atoms. The van der Waals surface area contributed by atoms with Gasteiger partial charge in [0.05, 0.1) is 24.0 Å². The van der Waals surface area contributed by atoms with Crippen LogP contribution >= 0.6 is 0 Å². The van der Waals surface area contributed by atoms with Crippen LogP contribution in [0.3, 0.4) is 0 Å². The molecule has 2 rings (SSSR count). The van der Waals surface area contributed by atoms with E-state index in [1.54, 1.807) is 0 Å². The zero-order valence-corrected chi connectivity index (χ0v) is 13.4. The van der Waals surface area contributed by atoms with E-state index in [-0.39, 0.29) is 18.4 Å². The maximum atomic E-state index is 12.7. The Morgan fingerprint density at radius 2 is 1.91 bits per heavy atom. The third kappa shape index (κ3) is 3.16. The number of para-hydroxylation sites is 1. The fraction of sp³-hybridized carbons (Fsp3) is 0.500. The summed E-state index contributed by atoms with van der Waals surface area (Å²) in [5, 5.41) is 3.08. The van der Waals surface area contributed by atoms with Crippen LogP contribution in [0.5, 0.6) is 0 Å². The van der Waals surface area contributed by atoms with Gasteiger partial charge in [0.2, 0.25) is 0 Å². The number of carbonyl (C=O) groups is 2. The number of anilines is 2. The van der Waals surface area contributed by atoms with Crippen molar-refractivity contribution in [3.8, 4) is 0 Å². The molecule has 0 unspecified atom stereocenters. The van der Waals surface area contributed by atoms with Crippen molar-refractivity contribution in [3.63, 3.8) is 0 Å². The lowest BCUT2D eigenvalue weighted by molar-refractivity contribution is -0.138. The van der Waals surface area contributed by atoms with E-state index < -0.39 is 0 Å². The molecule has 120 valence electrons. The van der Waals surface area contributed by atoms with Gasteiger partial charge >= 0.3 is 5.97 Å². The fourth-order valence-corrected chi connectivity index (χ4v) is 2.68. The van der Waals surface area contributed by atoms with Crippen LogP contribution in [0.1, 0.15) is 24.2 Å². The Morgan fingerprint density at radius 1 is 1.23 bits per heavy atom. The molecule has 0 aromatic heterocycles. The number of likely N-dealkylation sites (N-methyl/N-ethyl adjacent to an activating group) is 2. The fourth-order valence-electron chi connectivity index (χ4n) is 2.68. The lowest BCUT2D eigenvalue weighted by Gasteiger charge is -2.25. The van der Waals surface area contributed by atoms with Crippen LogP contribution in [0.2, 0.25) is 0 Å². The molecular weight excluding hydrogens is 282 g/mol. The van der Waals surface area contributed by atoms with E-state index in [2.05, 4.69) is 21.9 Å². The van der Waals surface area contributed by atoms with Crippen LogP contribution < -0.4 is 10.2 Å². The predicted octanol–water partition coefficient (Wildman–Crippen LogP) is 1.57. The van der Waals surface area contributed by atoms with Crippen molar-refractivity contribution in [1.82, 2.24) is 4.90 Å². The van der Waals surface area contributed by atoms with Crippen molar-refractivity contribution < 1.29 is 14.3 Å². The number of rotatable bonds is 5. The first-order valence-corrected chi connectivity index (χ1v) is 7.60. The first kappa shape index (κ1) is 16.1. The van der Waals surface area contributed by atoms with Crippen molar-refractivity contribution in [2.75, 3.05) is 50.1 Å². The van der Waals surface area contributed by atoms with Crippen molar-refractivity contribution in [2.45, 2.75) is 13.8 Å². The van der Waals surface area contributed by atoms with Gasteiger partial charge in [-0.2, -0.15) is 0 Å². The van der Waals surface area contributed by atoms with Gasteiger partial charge in [-0.15, -0.1) is 0 Å². The van der Waals surface area contributed by atoms with Gasteiger partial charge in [0, 0.05) is 26.2 Å². The summed E-state index contributed by atoms with van der Waals surface area (Å²) in [6.07, 6.45) is 0. The molecule has 6 nitrogen and oxygen atoms in total. The van der Waals surface area contributed by atoms with Crippen molar-refractivity contribution in [1.29, 1.82) is 0 Å². The Bertz CT molecular complexity index is 560. The van der Waals surface area contributed by atoms with Crippen LogP contribution in [0, 0.1) is 0 Å². The molecule has 0 saturated carbocycles. The van der Waals surface area contributed by atoms with Gasteiger partial charge in [-0.1, -0.05) is 6.07 Å². The quantitative estimate of drug-likeness (QED) is 0.837. The molecule has 0 saturated heterocycles. The number of esters is 1. The van der Waals surface area contributed by atoms with Gasteiger partial charge in [-0.25, -0.2) is 0 Å². The summed E-state index contributed by atoms with van der Waals surface area (Å²) in [5.41, 5.74) is 2.34. The molecule has 1 heterocycles. The van der Waals surface area contributed by atoms with Crippen molar-refractivity contribution in [3.05, 3.63) is 23.8 Å². The second-order valence-corrected chi connectivity index (χ2v) is 5.10. The molecule has 1 aromatic rings. The number of methoxy groups -OCH3 is 1. The topological polar surface area (TPSA) is 61.9 Å². The van der Waals surface area contributed by atoms with Gasteiger partial charge in [0.15, 0.2) is 0 Å². The third-order valence-electron chi connectivity index (χ3n) is 3.92. The van der Waals surface area contributed by atoms with Crippen LogP contribution in [-0.4, -0.2) is 56.6 Å². The highest BCUT2D eigenvalue weighted by Gasteiger charge is 2.26. The Kier molecular flexibility index (Phi) is 5.25. The minimum atomic E-state index is -0.337. The highest BCUT2D eigenvalue weighted by molar-refractivity contribution is 6.03. The van der Waals surface area contributed by atoms with E-state index in [0.29, 0.717) is 18.7 Å². The minimum Gasteiger partial charge on any atom is -0.468 e. The van der Waals surface area contributed by atoms with Gasteiger partial charge in [0.1, 0.15) is 6.54 Å². The number of ether oxygens (including phenoxy) is 1. The summed E-state index contributed by atoms with van der Waals surface area (Å²) in [6.45, 7) is 7.10. The molecule has 0 fully saturated rings. The molecule has 0 spiro atoms. The summed E-state index contributed by atoms with van der Waals surface area (Å²) < 4.78 is 4.66. The summed E-state index contributed by atoms with van der Waals surface area (Å²) >= 11 is 0. The Labute approximate surface area is 131 Å². The van der Waals surface area contributed by atoms with E-state index in [0.717, 1.165) is 24.5 Å². The monoisotopic (exact) mass is 305 g/mol. The summed E-state index contributed by atoms with van der Waals surface area (Å²) in [6, 6.07) is 5.57. The molecule has 0 radical (unpaired) electrons. The van der Waals surface area contributed by atoms with E-state index in [4.69, 9.17) is 0 Å². The van der Waals surface area contributed by atoms with Gasteiger partial charge in [-0.05, 0) is 26.0 Å². The number of nitrogens with one attached hydrogen (secondary N) is 1.